The van der Waals surface area contributed by atoms with E-state index in [0.717, 1.165) is 52.0 Å². The Bertz CT molecular complexity index is 1550. The molecule has 1 aliphatic carbocycles. The van der Waals surface area contributed by atoms with Gasteiger partial charge in [-0.05, 0) is 62.7 Å². The Balaban J connectivity index is 1.85. The third-order valence-corrected chi connectivity index (χ3v) is 6.43. The van der Waals surface area contributed by atoms with E-state index >= 15 is 8.78 Å². The molecule has 1 amide bonds. The van der Waals surface area contributed by atoms with Crippen LogP contribution in [0, 0.1) is 17.6 Å². The molecule has 1 N–H and O–H groups in total. The molecule has 1 aromatic heterocycles. The van der Waals surface area contributed by atoms with Gasteiger partial charge >= 0.3 is 6.61 Å². The van der Waals surface area contributed by atoms with Gasteiger partial charge in [-0.3, -0.25) is 14.3 Å². The molecule has 2 aromatic carbocycles. The van der Waals surface area contributed by atoms with Crippen LogP contribution in [0.4, 0.5) is 23.2 Å². The normalized spacial score (nSPS) is 13.9. The van der Waals surface area contributed by atoms with Crippen molar-refractivity contribution in [3.63, 3.8) is 0 Å². The van der Waals surface area contributed by atoms with Gasteiger partial charge in [0.05, 0.1) is 12.7 Å². The van der Waals surface area contributed by atoms with Crippen molar-refractivity contribution in [1.82, 2.24) is 9.36 Å². The zero-order valence-corrected chi connectivity index (χ0v) is 21.9. The van der Waals surface area contributed by atoms with E-state index in [0.29, 0.717) is 5.92 Å². The Morgan fingerprint density at radius 1 is 1.12 bits per heavy atom. The molecule has 40 heavy (non-hydrogen) atoms. The lowest BCUT2D eigenvalue weighted by Gasteiger charge is -2.13. The van der Waals surface area contributed by atoms with Gasteiger partial charge < -0.3 is 14.8 Å². The number of carbonyl (C=O) groups is 1. The molecule has 0 unspecified atom stereocenters. The SMILES string of the molecule is C=N/C(=C\C=C(/C)C1CC1)n1c(=O)c(NC(=O)c2ccc(OC(F)F)cc2)c(-c2c(F)cc(OC)cc2F)n1C. The predicted molar refractivity (Wildman–Crippen MR) is 143 cm³/mol. The van der Waals surface area contributed by atoms with Crippen molar-refractivity contribution in [1.29, 1.82) is 0 Å². The average Bonchev–Trinajstić information content (AvgIpc) is 3.73. The molecule has 0 radical (unpaired) electrons. The third kappa shape index (κ3) is 5.85. The molecule has 1 saturated carbocycles. The molecule has 12 heteroatoms. The number of anilines is 1. The van der Waals surface area contributed by atoms with Gasteiger partial charge in [-0.25, -0.2) is 13.8 Å². The number of allylic oxidation sites excluding steroid dienone is 3. The van der Waals surface area contributed by atoms with Gasteiger partial charge in [0.1, 0.15) is 34.5 Å². The van der Waals surface area contributed by atoms with E-state index in [1.165, 1.54) is 26.3 Å². The lowest BCUT2D eigenvalue weighted by molar-refractivity contribution is -0.0498. The van der Waals surface area contributed by atoms with Crippen molar-refractivity contribution in [2.24, 2.45) is 18.0 Å². The molecular formula is C28H26F4N4O4. The predicted octanol–water partition coefficient (Wildman–Crippen LogP) is 5.85. The summed E-state index contributed by atoms with van der Waals surface area (Å²) in [6.07, 6.45) is 5.46. The standard InChI is InChI=1S/C28H26F4N4O4/c1-15(16-6-7-16)5-12-22(33-2)36-27(38)24(34-26(37)17-8-10-18(11-9-17)40-28(31)32)25(35(36)3)23-20(29)13-19(39-4)14-21(23)30/h5,8-14,16,28H,2,6-7H2,1,3-4H3,(H,34,37)/b15-5+,22-12+. The Morgan fingerprint density at radius 3 is 2.27 bits per heavy atom. The average molecular weight is 559 g/mol. The second-order valence-corrected chi connectivity index (χ2v) is 9.06. The van der Waals surface area contributed by atoms with Crippen LogP contribution in [0.15, 0.2) is 63.9 Å². The zero-order valence-electron chi connectivity index (χ0n) is 21.9. The molecule has 0 spiro atoms. The summed E-state index contributed by atoms with van der Waals surface area (Å²) in [7, 11) is 2.62. The first-order valence-electron chi connectivity index (χ1n) is 12.1. The summed E-state index contributed by atoms with van der Waals surface area (Å²) in [4.78, 5) is 30.7. The quantitative estimate of drug-likeness (QED) is 0.192. The molecule has 1 fully saturated rings. The number of nitrogens with zero attached hydrogens (tertiary/aromatic N) is 3. The molecular weight excluding hydrogens is 532 g/mol. The van der Waals surface area contributed by atoms with E-state index in [1.807, 2.05) is 6.92 Å². The molecule has 0 atom stereocenters. The number of hydrogen-bond donors (Lipinski definition) is 1. The molecule has 1 heterocycles. The topological polar surface area (TPSA) is 86.8 Å². The minimum atomic E-state index is -3.05. The minimum Gasteiger partial charge on any atom is -0.497 e. The summed E-state index contributed by atoms with van der Waals surface area (Å²) in [5.41, 5.74) is -1.12. The monoisotopic (exact) mass is 558 g/mol. The first-order valence-corrected chi connectivity index (χ1v) is 12.1. The number of halogens is 4. The van der Waals surface area contributed by atoms with Gasteiger partial charge in [0, 0.05) is 24.7 Å². The summed E-state index contributed by atoms with van der Waals surface area (Å²) in [6, 6.07) is 6.57. The maximum atomic E-state index is 15.2. The maximum Gasteiger partial charge on any atom is 0.387 e. The molecule has 1 aliphatic rings. The first-order chi connectivity index (χ1) is 19.0. The Morgan fingerprint density at radius 2 is 1.75 bits per heavy atom. The van der Waals surface area contributed by atoms with Gasteiger partial charge in [0.15, 0.2) is 5.82 Å². The van der Waals surface area contributed by atoms with Crippen molar-refractivity contribution in [2.45, 2.75) is 26.4 Å². The van der Waals surface area contributed by atoms with Gasteiger partial charge in [-0.1, -0.05) is 11.6 Å². The number of aliphatic imine (C=N–C) groups is 1. The van der Waals surface area contributed by atoms with Crippen molar-refractivity contribution in [2.75, 3.05) is 12.4 Å². The number of rotatable bonds is 10. The molecule has 210 valence electrons. The molecule has 8 nitrogen and oxygen atoms in total. The molecule has 0 bridgehead atoms. The lowest BCUT2D eigenvalue weighted by Crippen LogP contribution is -2.23. The number of benzene rings is 2. The van der Waals surface area contributed by atoms with E-state index < -0.39 is 41.0 Å². The molecule has 0 aliphatic heterocycles. The number of amides is 1. The molecule has 3 aromatic rings. The second-order valence-electron chi connectivity index (χ2n) is 9.06. The van der Waals surface area contributed by atoms with Crippen molar-refractivity contribution >= 4 is 24.1 Å². The zero-order chi connectivity index (χ0) is 29.1. The maximum absolute atomic E-state index is 15.2. The van der Waals surface area contributed by atoms with Gasteiger partial charge in [0.2, 0.25) is 0 Å². The summed E-state index contributed by atoms with van der Waals surface area (Å²) >= 11 is 0. The van der Waals surface area contributed by atoms with Crippen molar-refractivity contribution < 1.29 is 31.8 Å². The fourth-order valence-electron chi connectivity index (χ4n) is 4.20. The Labute approximate surface area is 226 Å². The lowest BCUT2D eigenvalue weighted by atomic mass is 10.1. The number of methoxy groups -OCH3 is 1. The number of ether oxygens (including phenoxy) is 2. The van der Waals surface area contributed by atoms with Crippen LogP contribution in [0.25, 0.3) is 17.1 Å². The van der Waals surface area contributed by atoms with Crippen LogP contribution in [0.1, 0.15) is 30.1 Å². The first kappa shape index (κ1) is 28.4. The van der Waals surface area contributed by atoms with Crippen LogP contribution in [0.5, 0.6) is 11.5 Å². The van der Waals surface area contributed by atoms with Crippen LogP contribution in [-0.4, -0.2) is 35.7 Å². The largest absolute Gasteiger partial charge is 0.497 e. The van der Waals surface area contributed by atoms with Crippen LogP contribution >= 0.6 is 0 Å². The minimum absolute atomic E-state index is 0.0290. The van der Waals surface area contributed by atoms with Crippen molar-refractivity contribution in [3.8, 4) is 22.8 Å². The smallest absolute Gasteiger partial charge is 0.387 e. The van der Waals surface area contributed by atoms with E-state index in [2.05, 4.69) is 21.8 Å². The molecule has 4 rings (SSSR count). The highest BCUT2D eigenvalue weighted by Crippen LogP contribution is 2.37. The summed E-state index contributed by atoms with van der Waals surface area (Å²) in [5.74, 6) is -2.71. The Kier molecular flexibility index (Phi) is 8.26. The molecule has 0 saturated heterocycles. The van der Waals surface area contributed by atoms with E-state index in [4.69, 9.17) is 4.74 Å². The summed E-state index contributed by atoms with van der Waals surface area (Å²) in [6.45, 7) is 2.42. The van der Waals surface area contributed by atoms with Gasteiger partial charge in [0.25, 0.3) is 11.5 Å². The fraction of sp³-hybridized carbons (Fsp3) is 0.250. The number of alkyl halides is 2. The summed E-state index contributed by atoms with van der Waals surface area (Å²) < 4.78 is 66.8. The van der Waals surface area contributed by atoms with Crippen LogP contribution in [0.2, 0.25) is 0 Å². The van der Waals surface area contributed by atoms with Crippen LogP contribution in [0.3, 0.4) is 0 Å². The highest BCUT2D eigenvalue weighted by molar-refractivity contribution is 6.06. The second kappa shape index (κ2) is 11.6. The van der Waals surface area contributed by atoms with E-state index in [-0.39, 0.29) is 28.6 Å². The van der Waals surface area contributed by atoms with E-state index in [1.54, 1.807) is 12.2 Å². The van der Waals surface area contributed by atoms with Crippen LogP contribution in [-0.2, 0) is 7.05 Å². The highest BCUT2D eigenvalue weighted by Gasteiger charge is 2.28. The fourth-order valence-corrected chi connectivity index (χ4v) is 4.20. The third-order valence-electron chi connectivity index (χ3n) is 6.43. The number of nitrogens with one attached hydrogen (secondary N) is 1. The van der Waals surface area contributed by atoms with Gasteiger partial charge in [-0.15, -0.1) is 0 Å². The number of hydrogen-bond acceptors (Lipinski definition) is 5. The van der Waals surface area contributed by atoms with Crippen molar-refractivity contribution in [3.05, 3.63) is 81.7 Å². The summed E-state index contributed by atoms with van der Waals surface area (Å²) in [5, 5.41) is 2.42. The van der Waals surface area contributed by atoms with Crippen LogP contribution < -0.4 is 20.3 Å². The Hall–Kier alpha value is -4.61. The highest BCUT2D eigenvalue weighted by atomic mass is 19.3. The van der Waals surface area contributed by atoms with Gasteiger partial charge in [-0.2, -0.15) is 13.5 Å². The number of aromatic nitrogens is 2. The number of carbonyl (C=O) groups excluding carboxylic acids is 1. The van der Waals surface area contributed by atoms with E-state index in [9.17, 15) is 18.4 Å².